The van der Waals surface area contributed by atoms with Crippen molar-refractivity contribution >= 4 is 5.91 Å². The van der Waals surface area contributed by atoms with Crippen molar-refractivity contribution in [2.24, 2.45) is 0 Å². The summed E-state index contributed by atoms with van der Waals surface area (Å²) in [6, 6.07) is 0.512. The van der Waals surface area contributed by atoms with Crippen molar-refractivity contribution in [1.82, 2.24) is 15.1 Å². The van der Waals surface area contributed by atoms with Crippen LogP contribution in [-0.4, -0.2) is 54.1 Å². The molecule has 0 radical (unpaired) electrons. The number of rotatable bonds is 5. The number of hydrogen-bond donors (Lipinski definition) is 1. The minimum atomic E-state index is -0.0192. The quantitative estimate of drug-likeness (QED) is 0.757. The highest BCUT2D eigenvalue weighted by Gasteiger charge is 2.34. The first-order valence-electron chi connectivity index (χ1n) is 6.24. The average molecular weight is 227 g/mol. The first-order chi connectivity index (χ1) is 7.47. The number of nitrogens with zero attached hydrogens (tertiary/aromatic N) is 2. The molecular weight excluding hydrogens is 202 g/mol. The van der Waals surface area contributed by atoms with Crippen LogP contribution in [0.5, 0.6) is 0 Å². The van der Waals surface area contributed by atoms with Crippen molar-refractivity contribution in [2.45, 2.75) is 52.4 Å². The second-order valence-corrected chi connectivity index (χ2v) is 4.92. The molecule has 0 spiro atoms. The molecule has 1 amide bonds. The van der Waals surface area contributed by atoms with E-state index in [2.05, 4.69) is 38.0 Å². The third-order valence-corrected chi connectivity index (χ3v) is 3.43. The largest absolute Gasteiger partial charge is 0.325 e. The Balaban J connectivity index is 2.48. The van der Waals surface area contributed by atoms with Gasteiger partial charge in [0.25, 0.3) is 0 Å². The predicted molar refractivity (Wildman–Crippen MR) is 66.2 cm³/mol. The molecule has 1 N–H and O–H groups in total. The maximum absolute atomic E-state index is 11.9. The summed E-state index contributed by atoms with van der Waals surface area (Å²) >= 11 is 0. The molecular formula is C12H25N3O. The molecule has 2 unspecified atom stereocenters. The van der Waals surface area contributed by atoms with Gasteiger partial charge < -0.3 is 9.80 Å². The van der Waals surface area contributed by atoms with Gasteiger partial charge in [-0.05, 0) is 34.2 Å². The van der Waals surface area contributed by atoms with Gasteiger partial charge in [-0.3, -0.25) is 10.1 Å². The summed E-state index contributed by atoms with van der Waals surface area (Å²) in [5.74, 6) is 0.240. The van der Waals surface area contributed by atoms with Gasteiger partial charge in [-0.15, -0.1) is 0 Å². The second-order valence-electron chi connectivity index (χ2n) is 4.92. The van der Waals surface area contributed by atoms with Crippen LogP contribution in [0, 0.1) is 0 Å². The van der Waals surface area contributed by atoms with Gasteiger partial charge in [0.15, 0.2) is 0 Å². The number of hydrogen-bond acceptors (Lipinski definition) is 3. The van der Waals surface area contributed by atoms with Crippen molar-refractivity contribution in [1.29, 1.82) is 0 Å². The van der Waals surface area contributed by atoms with E-state index in [1.807, 2.05) is 11.8 Å². The molecule has 0 aromatic rings. The summed E-state index contributed by atoms with van der Waals surface area (Å²) < 4.78 is 0. The molecule has 0 bridgehead atoms. The summed E-state index contributed by atoms with van der Waals surface area (Å²) in [5, 5.41) is 3.31. The first-order valence-corrected chi connectivity index (χ1v) is 6.24. The highest BCUT2D eigenvalue weighted by molar-refractivity contribution is 5.83. The average Bonchev–Trinajstić information content (AvgIpc) is 2.51. The van der Waals surface area contributed by atoms with Gasteiger partial charge >= 0.3 is 0 Å². The van der Waals surface area contributed by atoms with Crippen LogP contribution >= 0.6 is 0 Å². The van der Waals surface area contributed by atoms with Crippen LogP contribution in [0.15, 0.2) is 0 Å². The van der Waals surface area contributed by atoms with Crippen LogP contribution in [0.4, 0.5) is 0 Å². The van der Waals surface area contributed by atoms with Crippen LogP contribution in [0.25, 0.3) is 0 Å². The Kier molecular flexibility index (Phi) is 4.74. The molecule has 1 aliphatic rings. The Hall–Kier alpha value is -0.610. The van der Waals surface area contributed by atoms with Crippen LogP contribution in [0.2, 0.25) is 0 Å². The SMILES string of the molecule is CCC1NC(C)C(=O)N1CCN(C)C(C)C. The van der Waals surface area contributed by atoms with E-state index < -0.39 is 0 Å². The summed E-state index contributed by atoms with van der Waals surface area (Å²) in [6.07, 6.45) is 1.20. The van der Waals surface area contributed by atoms with Gasteiger partial charge in [-0.2, -0.15) is 0 Å². The zero-order valence-electron chi connectivity index (χ0n) is 11.2. The molecule has 0 aromatic heterocycles. The van der Waals surface area contributed by atoms with Crippen molar-refractivity contribution < 1.29 is 4.79 Å². The zero-order chi connectivity index (χ0) is 12.3. The van der Waals surface area contributed by atoms with Crippen molar-refractivity contribution in [3.63, 3.8) is 0 Å². The Morgan fingerprint density at radius 3 is 2.62 bits per heavy atom. The topological polar surface area (TPSA) is 35.6 Å². The van der Waals surface area contributed by atoms with Gasteiger partial charge in [0.05, 0.1) is 12.2 Å². The molecule has 4 nitrogen and oxygen atoms in total. The lowest BCUT2D eigenvalue weighted by atomic mass is 10.3. The highest BCUT2D eigenvalue weighted by Crippen LogP contribution is 2.13. The van der Waals surface area contributed by atoms with E-state index in [0.717, 1.165) is 19.5 Å². The van der Waals surface area contributed by atoms with Crippen LogP contribution in [0.1, 0.15) is 34.1 Å². The Morgan fingerprint density at radius 1 is 1.50 bits per heavy atom. The third-order valence-electron chi connectivity index (χ3n) is 3.43. The molecule has 0 saturated carbocycles. The van der Waals surface area contributed by atoms with E-state index in [4.69, 9.17) is 0 Å². The van der Waals surface area contributed by atoms with Gasteiger partial charge in [0, 0.05) is 19.1 Å². The molecule has 2 atom stereocenters. The standard InChI is InChI=1S/C12H25N3O/c1-6-11-13-10(4)12(16)15(11)8-7-14(5)9(2)3/h9-11,13H,6-8H2,1-5H3. The number of likely N-dealkylation sites (N-methyl/N-ethyl adjacent to an activating group) is 1. The van der Waals surface area contributed by atoms with E-state index in [9.17, 15) is 4.79 Å². The Morgan fingerprint density at radius 2 is 2.12 bits per heavy atom. The number of carbonyl (C=O) groups excluding carboxylic acids is 1. The fourth-order valence-corrected chi connectivity index (χ4v) is 1.98. The monoisotopic (exact) mass is 227 g/mol. The fraction of sp³-hybridized carbons (Fsp3) is 0.917. The minimum Gasteiger partial charge on any atom is -0.325 e. The van der Waals surface area contributed by atoms with E-state index >= 15 is 0 Å². The summed E-state index contributed by atoms with van der Waals surface area (Å²) in [6.45, 7) is 10.2. The smallest absolute Gasteiger partial charge is 0.240 e. The van der Waals surface area contributed by atoms with E-state index in [1.54, 1.807) is 0 Å². The van der Waals surface area contributed by atoms with Crippen molar-refractivity contribution in [2.75, 3.05) is 20.1 Å². The lowest BCUT2D eigenvalue weighted by molar-refractivity contribution is -0.130. The lowest BCUT2D eigenvalue weighted by Gasteiger charge is -2.27. The molecule has 1 fully saturated rings. The summed E-state index contributed by atoms with van der Waals surface area (Å²) in [7, 11) is 2.10. The molecule has 1 rings (SSSR count). The summed E-state index contributed by atoms with van der Waals surface area (Å²) in [4.78, 5) is 16.1. The molecule has 94 valence electrons. The molecule has 1 aliphatic heterocycles. The third kappa shape index (κ3) is 2.95. The Bertz CT molecular complexity index is 242. The minimum absolute atomic E-state index is 0.0192. The van der Waals surface area contributed by atoms with Crippen LogP contribution < -0.4 is 5.32 Å². The highest BCUT2D eigenvalue weighted by atomic mass is 16.2. The number of nitrogens with one attached hydrogen (secondary N) is 1. The first kappa shape index (κ1) is 13.5. The van der Waals surface area contributed by atoms with Gasteiger partial charge in [0.1, 0.15) is 0 Å². The van der Waals surface area contributed by atoms with Crippen LogP contribution in [-0.2, 0) is 4.79 Å². The van der Waals surface area contributed by atoms with E-state index in [0.29, 0.717) is 6.04 Å². The molecule has 16 heavy (non-hydrogen) atoms. The lowest BCUT2D eigenvalue weighted by Crippen LogP contribution is -2.42. The maximum Gasteiger partial charge on any atom is 0.240 e. The van der Waals surface area contributed by atoms with Crippen LogP contribution in [0.3, 0.4) is 0 Å². The zero-order valence-corrected chi connectivity index (χ0v) is 11.2. The maximum atomic E-state index is 11.9. The van der Waals surface area contributed by atoms with E-state index in [-0.39, 0.29) is 18.1 Å². The molecule has 4 heteroatoms. The predicted octanol–water partition coefficient (Wildman–Crippen LogP) is 0.883. The normalized spacial score (nSPS) is 26.2. The Labute approximate surface area is 99.0 Å². The van der Waals surface area contributed by atoms with Gasteiger partial charge in [-0.25, -0.2) is 0 Å². The van der Waals surface area contributed by atoms with E-state index in [1.165, 1.54) is 0 Å². The number of amides is 1. The van der Waals surface area contributed by atoms with Gasteiger partial charge in [0.2, 0.25) is 5.91 Å². The fourth-order valence-electron chi connectivity index (χ4n) is 1.98. The molecule has 0 aliphatic carbocycles. The molecule has 1 saturated heterocycles. The molecule has 1 heterocycles. The summed E-state index contributed by atoms with van der Waals surface area (Å²) in [5.41, 5.74) is 0. The number of carbonyl (C=O) groups is 1. The van der Waals surface area contributed by atoms with Gasteiger partial charge in [-0.1, -0.05) is 6.92 Å². The second kappa shape index (κ2) is 5.64. The van der Waals surface area contributed by atoms with Crippen molar-refractivity contribution in [3.05, 3.63) is 0 Å². The van der Waals surface area contributed by atoms with Crippen molar-refractivity contribution in [3.8, 4) is 0 Å². The molecule has 0 aromatic carbocycles.